The molecule has 1 aromatic rings. The molecule has 110 valence electrons. The lowest BCUT2D eigenvalue weighted by Gasteiger charge is -2.13. The van der Waals surface area contributed by atoms with E-state index < -0.39 is 4.92 Å². The number of amides is 1. The zero-order valence-electron chi connectivity index (χ0n) is 11.5. The average molecular weight is 344 g/mol. The van der Waals surface area contributed by atoms with Crippen LogP contribution in [-0.2, 0) is 4.79 Å². The van der Waals surface area contributed by atoms with Gasteiger partial charge in [0.15, 0.2) is 0 Å². The third-order valence-corrected chi connectivity index (χ3v) is 3.69. The van der Waals surface area contributed by atoms with Gasteiger partial charge in [-0.3, -0.25) is 14.9 Å². The fraction of sp³-hybridized carbons (Fsp3) is 0.462. The molecule has 0 saturated heterocycles. The molecule has 0 fully saturated rings. The second-order valence-electron chi connectivity index (χ2n) is 4.70. The average Bonchev–Trinajstić information content (AvgIpc) is 2.38. The highest BCUT2D eigenvalue weighted by Gasteiger charge is 2.18. The van der Waals surface area contributed by atoms with Gasteiger partial charge in [-0.25, -0.2) is 0 Å². The van der Waals surface area contributed by atoms with Gasteiger partial charge in [0.2, 0.25) is 5.91 Å². The fourth-order valence-electron chi connectivity index (χ4n) is 1.76. The van der Waals surface area contributed by atoms with E-state index in [1.54, 1.807) is 13.0 Å². The van der Waals surface area contributed by atoms with Crippen LogP contribution in [0.5, 0.6) is 0 Å². The molecule has 0 aromatic heterocycles. The van der Waals surface area contributed by atoms with E-state index in [4.69, 9.17) is 5.73 Å². The minimum atomic E-state index is -0.463. The highest BCUT2D eigenvalue weighted by atomic mass is 79.9. The molecular formula is C13H18BrN3O3. The fourth-order valence-corrected chi connectivity index (χ4v) is 2.32. The summed E-state index contributed by atoms with van der Waals surface area (Å²) in [6, 6.07) is 2.99. The maximum Gasteiger partial charge on any atom is 0.274 e. The van der Waals surface area contributed by atoms with E-state index in [-0.39, 0.29) is 17.5 Å². The van der Waals surface area contributed by atoms with Crippen molar-refractivity contribution in [2.45, 2.75) is 26.7 Å². The molecule has 6 nitrogen and oxygen atoms in total. The first-order valence-corrected chi connectivity index (χ1v) is 7.11. The molecule has 0 radical (unpaired) electrons. The van der Waals surface area contributed by atoms with Crippen LogP contribution in [0, 0.1) is 23.0 Å². The summed E-state index contributed by atoms with van der Waals surface area (Å²) in [4.78, 5) is 22.4. The number of nitro groups is 1. The topological polar surface area (TPSA) is 98.3 Å². The molecule has 0 aliphatic carbocycles. The van der Waals surface area contributed by atoms with Gasteiger partial charge in [-0.2, -0.15) is 0 Å². The van der Waals surface area contributed by atoms with Crippen molar-refractivity contribution in [1.29, 1.82) is 0 Å². The first-order chi connectivity index (χ1) is 9.36. The van der Waals surface area contributed by atoms with Gasteiger partial charge in [0.25, 0.3) is 5.69 Å². The Kier molecular flexibility index (Phi) is 6.09. The quantitative estimate of drug-likeness (QED) is 0.612. The number of hydrogen-bond donors (Lipinski definition) is 2. The van der Waals surface area contributed by atoms with Gasteiger partial charge in [-0.05, 0) is 48.3 Å². The summed E-state index contributed by atoms with van der Waals surface area (Å²) in [5.41, 5.74) is 6.34. The van der Waals surface area contributed by atoms with Crippen LogP contribution in [0.1, 0.15) is 25.3 Å². The standard InChI is InChI=1S/C13H18BrN3O3/c1-8(4-3-5-15)13(18)16-11-7-12(17(19)20)9(2)6-10(11)14/h6-8H,3-5,15H2,1-2H3,(H,16,18). The van der Waals surface area contributed by atoms with E-state index in [9.17, 15) is 14.9 Å². The van der Waals surface area contributed by atoms with E-state index in [0.29, 0.717) is 28.7 Å². The molecule has 1 atom stereocenters. The van der Waals surface area contributed by atoms with Gasteiger partial charge in [0.1, 0.15) is 0 Å². The third kappa shape index (κ3) is 4.28. The lowest BCUT2D eigenvalue weighted by atomic mass is 10.0. The normalized spacial score (nSPS) is 12.0. The molecule has 0 saturated carbocycles. The van der Waals surface area contributed by atoms with Crippen LogP contribution in [0.2, 0.25) is 0 Å². The predicted octanol–water partition coefficient (Wildman–Crippen LogP) is 2.98. The smallest absolute Gasteiger partial charge is 0.274 e. The molecule has 1 unspecified atom stereocenters. The number of anilines is 1. The van der Waals surface area contributed by atoms with Crippen molar-refractivity contribution in [3.8, 4) is 0 Å². The van der Waals surface area contributed by atoms with Crippen molar-refractivity contribution in [2.24, 2.45) is 11.7 Å². The van der Waals surface area contributed by atoms with Gasteiger partial charge >= 0.3 is 0 Å². The Morgan fingerprint density at radius 1 is 1.55 bits per heavy atom. The number of benzene rings is 1. The summed E-state index contributed by atoms with van der Waals surface area (Å²) < 4.78 is 0.625. The molecular weight excluding hydrogens is 326 g/mol. The van der Waals surface area contributed by atoms with E-state index in [1.165, 1.54) is 6.07 Å². The number of hydrogen-bond acceptors (Lipinski definition) is 4. The minimum absolute atomic E-state index is 0.0156. The Hall–Kier alpha value is -1.47. The van der Waals surface area contributed by atoms with Gasteiger partial charge in [0.05, 0.1) is 10.6 Å². The summed E-state index contributed by atoms with van der Waals surface area (Å²) >= 11 is 3.30. The highest BCUT2D eigenvalue weighted by molar-refractivity contribution is 9.10. The Bertz CT molecular complexity index is 520. The Labute approximate surface area is 126 Å². The van der Waals surface area contributed by atoms with Crippen LogP contribution in [-0.4, -0.2) is 17.4 Å². The third-order valence-electron chi connectivity index (χ3n) is 3.03. The predicted molar refractivity (Wildman–Crippen MR) is 81.6 cm³/mol. The Balaban J connectivity index is 2.89. The maximum absolute atomic E-state index is 12.0. The summed E-state index contributed by atoms with van der Waals surface area (Å²) in [5, 5.41) is 13.6. The molecule has 0 aliphatic rings. The molecule has 20 heavy (non-hydrogen) atoms. The van der Waals surface area contributed by atoms with Gasteiger partial charge in [-0.1, -0.05) is 6.92 Å². The van der Waals surface area contributed by atoms with Crippen LogP contribution in [0.4, 0.5) is 11.4 Å². The van der Waals surface area contributed by atoms with Gasteiger partial charge in [-0.15, -0.1) is 0 Å². The second kappa shape index (κ2) is 7.35. The maximum atomic E-state index is 12.0. The van der Waals surface area contributed by atoms with Gasteiger partial charge in [0, 0.05) is 22.0 Å². The summed E-state index contributed by atoms with van der Waals surface area (Å²) in [5.74, 6) is -0.358. The number of nitrogens with two attached hydrogens (primary N) is 1. The van der Waals surface area contributed by atoms with Crippen molar-refractivity contribution in [3.05, 3.63) is 32.3 Å². The molecule has 0 bridgehead atoms. The number of aryl methyl sites for hydroxylation is 1. The van der Waals surface area contributed by atoms with E-state index in [2.05, 4.69) is 21.2 Å². The second-order valence-corrected chi connectivity index (χ2v) is 5.55. The van der Waals surface area contributed by atoms with Gasteiger partial charge < -0.3 is 11.1 Å². The SMILES string of the molecule is Cc1cc(Br)c(NC(=O)C(C)CCCN)cc1[N+](=O)[O-]. The first kappa shape index (κ1) is 16.6. The molecule has 3 N–H and O–H groups in total. The largest absolute Gasteiger partial charge is 0.330 e. The van der Waals surface area contributed by atoms with Crippen molar-refractivity contribution in [2.75, 3.05) is 11.9 Å². The van der Waals surface area contributed by atoms with E-state index >= 15 is 0 Å². The number of carbonyl (C=O) groups excluding carboxylic acids is 1. The highest BCUT2D eigenvalue weighted by Crippen LogP contribution is 2.31. The molecule has 0 spiro atoms. The number of carbonyl (C=O) groups is 1. The molecule has 0 aliphatic heterocycles. The van der Waals surface area contributed by atoms with Crippen LogP contribution in [0.3, 0.4) is 0 Å². The summed E-state index contributed by atoms with van der Waals surface area (Å²) in [7, 11) is 0. The lowest BCUT2D eigenvalue weighted by Crippen LogP contribution is -2.21. The molecule has 1 rings (SSSR count). The number of nitro benzene ring substituents is 1. The van der Waals surface area contributed by atoms with Crippen LogP contribution >= 0.6 is 15.9 Å². The zero-order chi connectivity index (χ0) is 15.3. The summed E-state index contributed by atoms with van der Waals surface area (Å²) in [6.07, 6.45) is 1.46. The van der Waals surface area contributed by atoms with E-state index in [1.807, 2.05) is 6.92 Å². The molecule has 1 aromatic carbocycles. The first-order valence-electron chi connectivity index (χ1n) is 6.32. The number of rotatable bonds is 6. The minimum Gasteiger partial charge on any atom is -0.330 e. The van der Waals surface area contributed by atoms with Crippen molar-refractivity contribution < 1.29 is 9.72 Å². The van der Waals surface area contributed by atoms with Crippen LogP contribution in [0.15, 0.2) is 16.6 Å². The monoisotopic (exact) mass is 343 g/mol. The Morgan fingerprint density at radius 2 is 2.20 bits per heavy atom. The lowest BCUT2D eigenvalue weighted by molar-refractivity contribution is -0.385. The molecule has 7 heteroatoms. The molecule has 0 heterocycles. The Morgan fingerprint density at radius 3 is 2.75 bits per heavy atom. The zero-order valence-corrected chi connectivity index (χ0v) is 13.1. The molecule has 1 amide bonds. The van der Waals surface area contributed by atoms with Crippen molar-refractivity contribution in [1.82, 2.24) is 0 Å². The van der Waals surface area contributed by atoms with Crippen molar-refractivity contribution >= 4 is 33.2 Å². The number of nitrogens with zero attached hydrogens (tertiary/aromatic N) is 1. The summed E-state index contributed by atoms with van der Waals surface area (Å²) in [6.45, 7) is 4.00. The number of nitrogens with one attached hydrogen (secondary N) is 1. The van der Waals surface area contributed by atoms with Crippen molar-refractivity contribution in [3.63, 3.8) is 0 Å². The van der Waals surface area contributed by atoms with E-state index in [0.717, 1.165) is 6.42 Å². The number of halogens is 1. The van der Waals surface area contributed by atoms with Crippen LogP contribution < -0.4 is 11.1 Å². The van der Waals surface area contributed by atoms with Crippen LogP contribution in [0.25, 0.3) is 0 Å².